The molecule has 6 heteroatoms. The van der Waals surface area contributed by atoms with Gasteiger partial charge in [-0.1, -0.05) is 65.8 Å². The number of rotatable bonds is 6. The summed E-state index contributed by atoms with van der Waals surface area (Å²) < 4.78 is 5.48. The first kappa shape index (κ1) is 22.1. The number of aromatic nitrogens is 1. The lowest BCUT2D eigenvalue weighted by molar-refractivity contribution is -0.142. The first-order valence-corrected chi connectivity index (χ1v) is 11.7. The van der Waals surface area contributed by atoms with Crippen molar-refractivity contribution in [2.24, 2.45) is 5.92 Å². The highest BCUT2D eigenvalue weighted by Gasteiger charge is 2.40. The molecule has 0 N–H and O–H groups in total. The molecule has 2 aliphatic rings. The van der Waals surface area contributed by atoms with Crippen molar-refractivity contribution in [1.82, 2.24) is 5.16 Å². The predicted molar refractivity (Wildman–Crippen MR) is 124 cm³/mol. The maximum atomic E-state index is 12.9. The molecule has 0 spiro atoms. The largest absolute Gasteiger partial charge is 0.360 e. The Bertz CT molecular complexity index is 1230. The number of hydrogen-bond acceptors (Lipinski definition) is 6. The topological polar surface area (TPSA) is 94.3 Å². The molecule has 0 saturated heterocycles. The van der Waals surface area contributed by atoms with Crippen molar-refractivity contribution < 1.29 is 23.7 Å². The fourth-order valence-corrected chi connectivity index (χ4v) is 5.25. The number of nitrogens with zero attached hydrogens (tertiary/aromatic N) is 1. The second kappa shape index (κ2) is 9.29. The van der Waals surface area contributed by atoms with Gasteiger partial charge in [-0.25, -0.2) is 0 Å². The molecule has 1 aromatic heterocycles. The minimum absolute atomic E-state index is 0.0213. The number of carbonyl (C=O) groups excluding carboxylic acids is 4. The van der Waals surface area contributed by atoms with Gasteiger partial charge in [-0.3, -0.25) is 19.2 Å². The quantitative estimate of drug-likeness (QED) is 0.511. The highest BCUT2D eigenvalue weighted by atomic mass is 16.5. The third-order valence-electron chi connectivity index (χ3n) is 6.99. The molecule has 0 radical (unpaired) electrons. The van der Waals surface area contributed by atoms with Crippen LogP contribution in [0, 0.1) is 5.92 Å². The second-order valence-electron chi connectivity index (χ2n) is 9.21. The Balaban J connectivity index is 1.24. The molecule has 2 aliphatic carbocycles. The minimum atomic E-state index is -1.21. The van der Waals surface area contributed by atoms with E-state index in [0.29, 0.717) is 29.9 Å². The van der Waals surface area contributed by atoms with Gasteiger partial charge < -0.3 is 4.52 Å². The van der Waals surface area contributed by atoms with Gasteiger partial charge in [0.05, 0.1) is 11.3 Å². The monoisotopic (exact) mass is 455 g/mol. The zero-order chi connectivity index (χ0) is 23.7. The number of ketones is 4. The smallest absolute Gasteiger partial charge is 0.168 e. The van der Waals surface area contributed by atoms with E-state index in [0.717, 1.165) is 11.1 Å². The fraction of sp³-hybridized carbons (Fsp3) is 0.321. The average molecular weight is 456 g/mol. The number of carbonyl (C=O) groups is 4. The van der Waals surface area contributed by atoms with Gasteiger partial charge in [-0.05, 0) is 23.0 Å². The lowest BCUT2D eigenvalue weighted by atomic mass is 9.74. The summed E-state index contributed by atoms with van der Waals surface area (Å²) in [7, 11) is 0. The molecule has 1 heterocycles. The Kier molecular flexibility index (Phi) is 6.05. The van der Waals surface area contributed by atoms with Crippen LogP contribution in [0.3, 0.4) is 0 Å². The van der Waals surface area contributed by atoms with Crippen LogP contribution in [-0.4, -0.2) is 28.3 Å². The normalized spacial score (nSPS) is 22.5. The summed E-state index contributed by atoms with van der Waals surface area (Å²) >= 11 is 0. The molecule has 172 valence electrons. The van der Waals surface area contributed by atoms with Crippen LogP contribution in [0.2, 0.25) is 0 Å². The molecule has 0 bridgehead atoms. The summed E-state index contributed by atoms with van der Waals surface area (Å²) in [6, 6.07) is 19.3. The molecule has 0 aliphatic heterocycles. The van der Waals surface area contributed by atoms with Crippen LogP contribution >= 0.6 is 0 Å². The van der Waals surface area contributed by atoms with E-state index >= 15 is 0 Å². The average Bonchev–Trinajstić information content (AvgIpc) is 3.27. The Labute approximate surface area is 197 Å². The summed E-state index contributed by atoms with van der Waals surface area (Å²) in [6.07, 6.45) is 1.47. The van der Waals surface area contributed by atoms with Crippen LogP contribution in [0.5, 0.6) is 0 Å². The van der Waals surface area contributed by atoms with Gasteiger partial charge in [0, 0.05) is 38.5 Å². The standard InChI is InChI=1S/C28H25NO5/c30-22(28-24(32)13-19(14-25(28)33)17-7-3-1-4-8-17)12-11-21-27-23(31)15-20(16-26(27)34-29-21)18-9-5-2-6-10-18/h1-10,19-20,28H,11-16H2. The van der Waals surface area contributed by atoms with E-state index < -0.39 is 11.7 Å². The van der Waals surface area contributed by atoms with Gasteiger partial charge >= 0.3 is 0 Å². The molecular formula is C28H25NO5. The van der Waals surface area contributed by atoms with Crippen LogP contribution in [0.15, 0.2) is 65.2 Å². The lowest BCUT2D eigenvalue weighted by Crippen LogP contribution is -2.38. The Morgan fingerprint density at radius 2 is 1.35 bits per heavy atom. The van der Waals surface area contributed by atoms with E-state index in [1.54, 1.807) is 0 Å². The van der Waals surface area contributed by atoms with Crippen LogP contribution < -0.4 is 0 Å². The molecule has 3 aromatic rings. The maximum Gasteiger partial charge on any atom is 0.168 e. The summed E-state index contributed by atoms with van der Waals surface area (Å²) in [6.45, 7) is 0. The number of fused-ring (bicyclic) bond motifs is 1. The molecule has 2 aromatic carbocycles. The predicted octanol–water partition coefficient (Wildman–Crippen LogP) is 4.42. The first-order valence-electron chi connectivity index (χ1n) is 11.7. The highest BCUT2D eigenvalue weighted by molar-refractivity contribution is 6.21. The Morgan fingerprint density at radius 3 is 1.94 bits per heavy atom. The van der Waals surface area contributed by atoms with Crippen LogP contribution in [0.4, 0.5) is 0 Å². The zero-order valence-electron chi connectivity index (χ0n) is 18.7. The second-order valence-corrected chi connectivity index (χ2v) is 9.21. The van der Waals surface area contributed by atoms with Crippen LogP contribution in [-0.2, 0) is 27.2 Å². The summed E-state index contributed by atoms with van der Waals surface area (Å²) in [5.41, 5.74) is 2.93. The first-order chi connectivity index (χ1) is 16.5. The number of aryl methyl sites for hydroxylation is 1. The van der Waals surface area contributed by atoms with Gasteiger partial charge in [0.2, 0.25) is 0 Å². The Hall–Kier alpha value is -3.67. The van der Waals surface area contributed by atoms with Crippen molar-refractivity contribution in [1.29, 1.82) is 0 Å². The molecular weight excluding hydrogens is 430 g/mol. The van der Waals surface area contributed by atoms with Crippen molar-refractivity contribution in [2.45, 2.75) is 50.4 Å². The molecule has 1 unspecified atom stereocenters. The number of benzene rings is 2. The van der Waals surface area contributed by atoms with Gasteiger partial charge in [-0.2, -0.15) is 0 Å². The van der Waals surface area contributed by atoms with Crippen molar-refractivity contribution in [2.75, 3.05) is 0 Å². The third-order valence-corrected chi connectivity index (χ3v) is 6.99. The van der Waals surface area contributed by atoms with Crippen molar-refractivity contribution in [3.05, 3.63) is 88.8 Å². The van der Waals surface area contributed by atoms with Gasteiger partial charge in [-0.15, -0.1) is 0 Å². The molecule has 34 heavy (non-hydrogen) atoms. The molecule has 1 saturated carbocycles. The fourth-order valence-electron chi connectivity index (χ4n) is 5.25. The van der Waals surface area contributed by atoms with Crippen LogP contribution in [0.25, 0.3) is 0 Å². The van der Waals surface area contributed by atoms with Gasteiger partial charge in [0.1, 0.15) is 11.7 Å². The van der Waals surface area contributed by atoms with Gasteiger partial charge in [0.15, 0.2) is 23.1 Å². The molecule has 0 amide bonds. The van der Waals surface area contributed by atoms with E-state index in [-0.39, 0.29) is 54.9 Å². The summed E-state index contributed by atoms with van der Waals surface area (Å²) in [5.74, 6) is -1.89. The highest BCUT2D eigenvalue weighted by Crippen LogP contribution is 2.35. The van der Waals surface area contributed by atoms with Crippen LogP contribution in [0.1, 0.15) is 70.5 Å². The zero-order valence-corrected chi connectivity index (χ0v) is 18.7. The SMILES string of the molecule is O=C1CC(c2ccccc2)Cc2onc(CCC(=O)C3C(=O)CC(c4ccccc4)CC3=O)c21. The van der Waals surface area contributed by atoms with Crippen molar-refractivity contribution in [3.8, 4) is 0 Å². The molecule has 1 atom stereocenters. The van der Waals surface area contributed by atoms with E-state index in [9.17, 15) is 19.2 Å². The number of Topliss-reactive ketones (excluding diaryl/α,β-unsaturated/α-hetero) is 4. The third kappa shape index (κ3) is 4.28. The van der Waals surface area contributed by atoms with Crippen molar-refractivity contribution >= 4 is 23.1 Å². The van der Waals surface area contributed by atoms with Gasteiger partial charge in [0.25, 0.3) is 0 Å². The maximum absolute atomic E-state index is 12.9. The molecule has 6 nitrogen and oxygen atoms in total. The van der Waals surface area contributed by atoms with E-state index in [1.807, 2.05) is 60.7 Å². The Morgan fingerprint density at radius 1 is 0.794 bits per heavy atom. The lowest BCUT2D eigenvalue weighted by Gasteiger charge is -2.26. The molecule has 1 fully saturated rings. The molecule has 5 rings (SSSR count). The van der Waals surface area contributed by atoms with E-state index in [4.69, 9.17) is 4.52 Å². The minimum Gasteiger partial charge on any atom is -0.360 e. The summed E-state index contributed by atoms with van der Waals surface area (Å²) in [4.78, 5) is 51.2. The number of hydrogen-bond donors (Lipinski definition) is 0. The van der Waals surface area contributed by atoms with E-state index in [1.165, 1.54) is 0 Å². The summed E-state index contributed by atoms with van der Waals surface area (Å²) in [5, 5.41) is 4.07. The van der Waals surface area contributed by atoms with Crippen molar-refractivity contribution in [3.63, 3.8) is 0 Å². The van der Waals surface area contributed by atoms with E-state index in [2.05, 4.69) is 5.16 Å².